The maximum atomic E-state index is 10.6. The number of aliphatic hydroxyl groups is 1. The van der Waals surface area contributed by atoms with Crippen LogP contribution < -0.4 is 10.6 Å². The monoisotopic (exact) mass is 489 g/mol. The summed E-state index contributed by atoms with van der Waals surface area (Å²) in [5.74, 6) is 2.57. The van der Waals surface area contributed by atoms with Crippen molar-refractivity contribution >= 4 is 29.9 Å². The van der Waals surface area contributed by atoms with E-state index in [2.05, 4.69) is 15.6 Å². The highest BCUT2D eigenvalue weighted by molar-refractivity contribution is 14.0. The van der Waals surface area contributed by atoms with E-state index in [1.807, 2.05) is 12.1 Å². The van der Waals surface area contributed by atoms with Gasteiger partial charge in [0.2, 0.25) is 0 Å². The van der Waals surface area contributed by atoms with Crippen LogP contribution in [0.15, 0.2) is 50.6 Å². The van der Waals surface area contributed by atoms with Gasteiger partial charge in [0.1, 0.15) is 17.1 Å². The third kappa shape index (κ3) is 6.86. The van der Waals surface area contributed by atoms with Crippen LogP contribution in [0.1, 0.15) is 24.9 Å². The van der Waals surface area contributed by atoms with E-state index in [1.54, 1.807) is 31.6 Å². The first-order valence-electron chi connectivity index (χ1n) is 9.02. The number of furan rings is 2. The molecular formula is C19H28IN3O4. The Morgan fingerprint density at radius 2 is 2.07 bits per heavy atom. The number of aliphatic imine (C=N–C) groups is 1. The number of hydrogen-bond acceptors (Lipinski definition) is 5. The number of hydrogen-bond donors (Lipinski definition) is 3. The molecule has 0 saturated carbocycles. The van der Waals surface area contributed by atoms with Crippen LogP contribution >= 0.6 is 24.0 Å². The van der Waals surface area contributed by atoms with Crippen molar-refractivity contribution in [2.45, 2.75) is 25.4 Å². The lowest BCUT2D eigenvalue weighted by Gasteiger charge is -2.20. The summed E-state index contributed by atoms with van der Waals surface area (Å²) in [5, 5.41) is 17.2. The fraction of sp³-hybridized carbons (Fsp3) is 0.526. The summed E-state index contributed by atoms with van der Waals surface area (Å²) in [6, 6.07) is 7.34. The molecule has 27 heavy (non-hydrogen) atoms. The average molecular weight is 489 g/mol. The van der Waals surface area contributed by atoms with Gasteiger partial charge in [-0.05, 0) is 37.6 Å². The number of guanidine groups is 1. The van der Waals surface area contributed by atoms with E-state index in [-0.39, 0.29) is 30.5 Å². The van der Waals surface area contributed by atoms with Crippen molar-refractivity contribution < 1.29 is 18.7 Å². The van der Waals surface area contributed by atoms with Crippen molar-refractivity contribution in [3.05, 3.63) is 48.3 Å². The van der Waals surface area contributed by atoms with Crippen molar-refractivity contribution in [1.29, 1.82) is 0 Å². The predicted octanol–water partition coefficient (Wildman–Crippen LogP) is 2.51. The summed E-state index contributed by atoms with van der Waals surface area (Å²) in [5.41, 5.74) is -1.16. The minimum Gasteiger partial charge on any atom is -0.469 e. The zero-order valence-electron chi connectivity index (χ0n) is 15.5. The fourth-order valence-electron chi connectivity index (χ4n) is 2.81. The third-order valence-electron chi connectivity index (χ3n) is 4.42. The van der Waals surface area contributed by atoms with Gasteiger partial charge in [-0.1, -0.05) is 0 Å². The van der Waals surface area contributed by atoms with E-state index in [0.29, 0.717) is 24.2 Å². The SMILES string of the molecule is CC(O)(CN=C(NCCc1ccco1)NCC1CCOC1)c1ccco1.I. The van der Waals surface area contributed by atoms with Gasteiger partial charge < -0.3 is 29.3 Å². The Bertz CT molecular complexity index is 665. The highest BCUT2D eigenvalue weighted by atomic mass is 127. The molecule has 0 aliphatic carbocycles. The lowest BCUT2D eigenvalue weighted by Crippen LogP contribution is -2.42. The normalized spacial score (nSPS) is 19.3. The number of nitrogens with zero attached hydrogens (tertiary/aromatic N) is 1. The first-order valence-corrected chi connectivity index (χ1v) is 9.02. The molecule has 1 aliphatic heterocycles. The second-order valence-electron chi connectivity index (χ2n) is 6.78. The van der Waals surface area contributed by atoms with Gasteiger partial charge in [-0.15, -0.1) is 24.0 Å². The summed E-state index contributed by atoms with van der Waals surface area (Å²) >= 11 is 0. The minimum absolute atomic E-state index is 0. The van der Waals surface area contributed by atoms with Crippen molar-refractivity contribution in [3.63, 3.8) is 0 Å². The molecule has 1 saturated heterocycles. The Kier molecular flexibility index (Phi) is 8.65. The maximum Gasteiger partial charge on any atom is 0.191 e. The van der Waals surface area contributed by atoms with Crippen molar-refractivity contribution in [3.8, 4) is 0 Å². The van der Waals surface area contributed by atoms with Gasteiger partial charge in [-0.2, -0.15) is 0 Å². The van der Waals surface area contributed by atoms with Crippen LogP contribution in [-0.2, 0) is 16.8 Å². The van der Waals surface area contributed by atoms with E-state index >= 15 is 0 Å². The Morgan fingerprint density at radius 3 is 2.74 bits per heavy atom. The lowest BCUT2D eigenvalue weighted by molar-refractivity contribution is 0.0437. The molecule has 150 valence electrons. The molecule has 1 aliphatic rings. The molecule has 2 unspecified atom stereocenters. The van der Waals surface area contributed by atoms with Crippen molar-refractivity contribution in [1.82, 2.24) is 10.6 Å². The number of ether oxygens (including phenoxy) is 1. The zero-order valence-corrected chi connectivity index (χ0v) is 17.8. The first-order chi connectivity index (χ1) is 12.6. The van der Waals surface area contributed by atoms with Gasteiger partial charge in [0.25, 0.3) is 0 Å². The molecule has 7 nitrogen and oxygen atoms in total. The van der Waals surface area contributed by atoms with E-state index in [0.717, 1.165) is 38.4 Å². The van der Waals surface area contributed by atoms with Gasteiger partial charge in [0.05, 0.1) is 25.7 Å². The van der Waals surface area contributed by atoms with E-state index in [1.165, 1.54) is 0 Å². The van der Waals surface area contributed by atoms with Gasteiger partial charge in [-0.3, -0.25) is 0 Å². The Morgan fingerprint density at radius 1 is 1.26 bits per heavy atom. The molecule has 0 radical (unpaired) electrons. The summed E-state index contributed by atoms with van der Waals surface area (Å²) in [6.07, 6.45) is 5.03. The van der Waals surface area contributed by atoms with Crippen LogP contribution in [-0.4, -0.2) is 43.9 Å². The second-order valence-corrected chi connectivity index (χ2v) is 6.78. The Labute approximate surface area is 176 Å². The minimum atomic E-state index is -1.16. The van der Waals surface area contributed by atoms with Crippen molar-refractivity contribution in [2.24, 2.45) is 10.9 Å². The molecular weight excluding hydrogens is 461 g/mol. The molecule has 0 spiro atoms. The molecule has 2 aromatic heterocycles. The third-order valence-corrected chi connectivity index (χ3v) is 4.42. The van der Waals surface area contributed by atoms with Crippen LogP contribution in [0.4, 0.5) is 0 Å². The summed E-state index contributed by atoms with van der Waals surface area (Å²) in [6.45, 7) is 4.95. The fourth-order valence-corrected chi connectivity index (χ4v) is 2.81. The molecule has 0 aromatic carbocycles. The quantitative estimate of drug-likeness (QED) is 0.300. The second kappa shape index (κ2) is 10.7. The standard InChI is InChI=1S/C19H27N3O4.HI/c1-19(23,17-5-3-10-26-17)14-22-18(21-12-15-7-11-24-13-15)20-8-6-16-4-2-9-25-16;/h2-5,9-10,15,23H,6-8,11-14H2,1H3,(H2,20,21,22);1H. The van der Waals surface area contributed by atoms with Crippen LogP contribution in [0.5, 0.6) is 0 Å². The summed E-state index contributed by atoms with van der Waals surface area (Å²) in [4.78, 5) is 4.54. The van der Waals surface area contributed by atoms with Crippen LogP contribution in [0.2, 0.25) is 0 Å². The summed E-state index contributed by atoms with van der Waals surface area (Å²) in [7, 11) is 0. The molecule has 0 bridgehead atoms. The molecule has 3 rings (SSSR count). The average Bonchev–Trinajstić information content (AvgIpc) is 3.40. The van der Waals surface area contributed by atoms with Gasteiger partial charge in [0.15, 0.2) is 5.96 Å². The van der Waals surface area contributed by atoms with Crippen LogP contribution in [0.25, 0.3) is 0 Å². The topological polar surface area (TPSA) is 92.2 Å². The molecule has 0 amide bonds. The highest BCUT2D eigenvalue weighted by Gasteiger charge is 2.26. The van der Waals surface area contributed by atoms with E-state index in [4.69, 9.17) is 13.6 Å². The lowest BCUT2D eigenvalue weighted by atomic mass is 10.0. The molecule has 8 heteroatoms. The largest absolute Gasteiger partial charge is 0.469 e. The van der Waals surface area contributed by atoms with Crippen LogP contribution in [0.3, 0.4) is 0 Å². The molecule has 2 atom stereocenters. The molecule has 1 fully saturated rings. The highest BCUT2D eigenvalue weighted by Crippen LogP contribution is 2.21. The van der Waals surface area contributed by atoms with E-state index in [9.17, 15) is 5.11 Å². The Hall–Kier alpha value is -1.52. The molecule has 2 aromatic rings. The predicted molar refractivity (Wildman–Crippen MR) is 113 cm³/mol. The first kappa shape index (κ1) is 21.8. The number of nitrogens with one attached hydrogen (secondary N) is 2. The van der Waals surface area contributed by atoms with Gasteiger partial charge >= 0.3 is 0 Å². The number of rotatable bonds is 8. The Balaban J connectivity index is 0.00000261. The van der Waals surface area contributed by atoms with Gasteiger partial charge in [0, 0.05) is 32.0 Å². The molecule has 3 heterocycles. The smallest absolute Gasteiger partial charge is 0.191 e. The van der Waals surface area contributed by atoms with Crippen molar-refractivity contribution in [2.75, 3.05) is 32.8 Å². The summed E-state index contributed by atoms with van der Waals surface area (Å²) < 4.78 is 16.1. The zero-order chi connectivity index (χ0) is 18.2. The van der Waals surface area contributed by atoms with Gasteiger partial charge in [-0.25, -0.2) is 4.99 Å². The number of halogens is 1. The maximum absolute atomic E-state index is 10.6. The van der Waals surface area contributed by atoms with Crippen LogP contribution in [0, 0.1) is 5.92 Å². The van der Waals surface area contributed by atoms with E-state index < -0.39 is 5.60 Å². The molecule has 3 N–H and O–H groups in total.